The Morgan fingerprint density at radius 2 is 0.989 bits per heavy atom. The number of hydrogen-bond acceptors (Lipinski definition) is 11. The molecule has 11 nitrogen and oxygen atoms in total. The fourth-order valence-corrected chi connectivity index (χ4v) is 13.2. The van der Waals surface area contributed by atoms with Gasteiger partial charge in [0.25, 0.3) is 0 Å². The number of rotatable bonds is 17. The number of Topliss-reactive ketones (excluding diaryl/α,β-unsaturated/α-hetero) is 1. The van der Waals surface area contributed by atoms with E-state index in [-0.39, 0.29) is 30.2 Å². The smallest absolute Gasteiger partial charge is 0.178 e. The second-order valence-corrected chi connectivity index (χ2v) is 25.3. The summed E-state index contributed by atoms with van der Waals surface area (Å²) in [7, 11) is 3.23. The lowest BCUT2D eigenvalue weighted by Crippen LogP contribution is -2.34. The SMILES string of the molecule is C#CC(O)(c1ccc(OC(C)C)cc1)c1ccc(OC(C)C)cc1.CCOc1cc2c3c(cc(O)c2cc1OC)CCc1ccccc1-3.COc1cc2c3c(c4c(c2cc1C(C)=O)-c1ccccc1CC4)C=CC(c1ccc(OC(C)C)cc1)(c1ccc(OC(C)C)cc1)O3. The van der Waals surface area contributed by atoms with Gasteiger partial charge in [0, 0.05) is 38.6 Å². The highest BCUT2D eigenvalue weighted by molar-refractivity contribution is 6.11. The molecule has 0 atom stereocenters. The van der Waals surface area contributed by atoms with Crippen LogP contribution in [0.2, 0.25) is 0 Å². The van der Waals surface area contributed by atoms with Gasteiger partial charge in [0.15, 0.2) is 28.5 Å². The van der Waals surface area contributed by atoms with Gasteiger partial charge in [-0.05, 0) is 235 Å². The molecule has 10 aromatic carbocycles. The highest BCUT2D eigenvalue weighted by atomic mass is 16.5. The number of hydrogen-bond donors (Lipinski definition) is 2. The number of phenolic OH excluding ortho intramolecular Hbond substituents is 1. The molecule has 0 unspecified atom stereocenters. The van der Waals surface area contributed by atoms with E-state index < -0.39 is 11.2 Å². The van der Waals surface area contributed by atoms with Gasteiger partial charge < -0.3 is 48.1 Å². The van der Waals surface area contributed by atoms with Crippen LogP contribution >= 0.6 is 0 Å². The van der Waals surface area contributed by atoms with Crippen molar-refractivity contribution in [1.29, 1.82) is 0 Å². The third-order valence-electron chi connectivity index (χ3n) is 17.3. The fourth-order valence-electron chi connectivity index (χ4n) is 13.2. The summed E-state index contributed by atoms with van der Waals surface area (Å²) in [5, 5.41) is 25.2. The number of terminal acetylenes is 1. The van der Waals surface area contributed by atoms with E-state index in [4.69, 9.17) is 44.3 Å². The maximum absolute atomic E-state index is 12.9. The number of aromatic hydroxyl groups is 1. The van der Waals surface area contributed by atoms with Crippen molar-refractivity contribution >= 4 is 33.4 Å². The summed E-state index contributed by atoms with van der Waals surface area (Å²) in [6.45, 7) is 20.1. The maximum Gasteiger partial charge on any atom is 0.178 e. The standard InChI is InChI=1S/C42H40O5.C21H20O3.C21H24O3/c1-25(2)45-31-16-12-29(13-17-31)42(30-14-18-32(19-15-30)46-26(3)4)22-21-35-34-20-11-28-9-7-8-10-33(28)40(34)37-23-36(27(5)43)39(44-6)24-38(37)41(35)47-42;1-3-24-20-12-17-16(11-19(20)23-2)18(22)10-14-9-8-13-6-4-5-7-15(13)21(14)17;1-6-21(22,17-7-11-19(12-8-17)23-15(2)3)18-9-13-20(14-10-18)24-16(4)5/h7-10,12-19,21-26H,11,20H2,1-6H3;4-7,10-12,22H,3,8-9H2,1-2H3;1,7-16,22H,2-5H3. The van der Waals surface area contributed by atoms with Crippen LogP contribution in [0.15, 0.2) is 182 Å². The van der Waals surface area contributed by atoms with E-state index in [9.17, 15) is 15.0 Å². The van der Waals surface area contributed by atoms with Gasteiger partial charge in [0.1, 0.15) is 40.2 Å². The van der Waals surface area contributed by atoms with Gasteiger partial charge in [-0.2, -0.15) is 0 Å². The Hall–Kier alpha value is -10.2. The molecule has 10 aromatic rings. The number of aryl methyl sites for hydroxylation is 3. The van der Waals surface area contributed by atoms with Crippen molar-refractivity contribution in [3.05, 3.63) is 238 Å². The molecule has 0 bridgehead atoms. The molecule has 0 amide bonds. The Kier molecular flexibility index (Phi) is 19.7. The van der Waals surface area contributed by atoms with Crippen LogP contribution in [-0.4, -0.2) is 61.2 Å². The molecule has 1 aliphatic heterocycles. The fraction of sp³-hybridized carbons (Fsp3) is 0.274. The van der Waals surface area contributed by atoms with Crippen LogP contribution in [0.5, 0.6) is 51.7 Å². The molecule has 0 spiro atoms. The normalized spacial score (nSPS) is 13.1. The third-order valence-corrected chi connectivity index (χ3v) is 17.3. The molecule has 2 aliphatic carbocycles. The van der Waals surface area contributed by atoms with Crippen LogP contribution in [0.25, 0.3) is 49.9 Å². The summed E-state index contributed by atoms with van der Waals surface area (Å²) >= 11 is 0. The monoisotopic (exact) mass is 1270 g/mol. The molecule has 13 rings (SSSR count). The third kappa shape index (κ3) is 13.7. The first-order valence-corrected chi connectivity index (χ1v) is 32.8. The van der Waals surface area contributed by atoms with E-state index in [2.05, 4.69) is 90.9 Å². The Labute approximate surface area is 558 Å². The summed E-state index contributed by atoms with van der Waals surface area (Å²) in [6, 6.07) is 57.6. The Morgan fingerprint density at radius 3 is 1.46 bits per heavy atom. The molecule has 2 N–H and O–H groups in total. The first kappa shape index (κ1) is 66.3. The van der Waals surface area contributed by atoms with Gasteiger partial charge >= 0.3 is 0 Å². The van der Waals surface area contributed by atoms with Crippen molar-refractivity contribution < 1.29 is 52.9 Å². The largest absolute Gasteiger partial charge is 0.507 e. The number of phenols is 1. The molecule has 1 heterocycles. The quantitative estimate of drug-likeness (QED) is 0.0667. The minimum Gasteiger partial charge on any atom is -0.507 e. The number of carbonyl (C=O) groups is 1. The van der Waals surface area contributed by atoms with Crippen LogP contribution in [0.1, 0.15) is 130 Å². The Morgan fingerprint density at radius 1 is 0.547 bits per heavy atom. The molecule has 0 radical (unpaired) electrons. The van der Waals surface area contributed by atoms with E-state index in [1.165, 1.54) is 38.9 Å². The zero-order chi connectivity index (χ0) is 67.3. The second-order valence-electron chi connectivity index (χ2n) is 25.3. The van der Waals surface area contributed by atoms with Crippen molar-refractivity contribution in [3.8, 4) is 86.3 Å². The lowest BCUT2D eigenvalue weighted by molar-refractivity contribution is 0.101. The molecule has 486 valence electrons. The number of fused-ring (bicyclic) bond motifs is 13. The minimum absolute atomic E-state index is 0.0399. The van der Waals surface area contributed by atoms with Crippen molar-refractivity contribution in [2.24, 2.45) is 0 Å². The molecule has 3 aliphatic rings. The molecule has 0 aromatic heterocycles. The molecule has 0 saturated carbocycles. The number of carbonyl (C=O) groups excluding carboxylic acids is 1. The van der Waals surface area contributed by atoms with Gasteiger partial charge in [0.05, 0.1) is 50.8 Å². The zero-order valence-electron chi connectivity index (χ0n) is 56.4. The van der Waals surface area contributed by atoms with E-state index in [1.54, 1.807) is 45.4 Å². The summed E-state index contributed by atoms with van der Waals surface area (Å²) in [4.78, 5) is 12.9. The van der Waals surface area contributed by atoms with Gasteiger partial charge in [0.2, 0.25) is 0 Å². The van der Waals surface area contributed by atoms with Crippen molar-refractivity contribution in [2.45, 2.75) is 131 Å². The Bertz CT molecular complexity index is 4390. The number of ketones is 1. The molecule has 0 saturated heterocycles. The molecule has 11 heteroatoms. The lowest BCUT2D eigenvalue weighted by Gasteiger charge is -2.38. The number of ether oxygens (including phenoxy) is 8. The van der Waals surface area contributed by atoms with E-state index in [0.717, 1.165) is 98.2 Å². The molecular weight excluding hydrogens is 1180 g/mol. The average molecular weight is 1270 g/mol. The summed E-state index contributed by atoms with van der Waals surface area (Å²) < 4.78 is 47.6. The summed E-state index contributed by atoms with van der Waals surface area (Å²) in [5.41, 5.74) is 12.3. The van der Waals surface area contributed by atoms with Crippen molar-refractivity contribution in [3.63, 3.8) is 0 Å². The molecular formula is C84H84O11. The number of benzene rings is 10. The molecule has 0 fully saturated rings. The van der Waals surface area contributed by atoms with Crippen LogP contribution in [-0.2, 0) is 36.9 Å². The maximum atomic E-state index is 12.9. The minimum atomic E-state index is -1.49. The zero-order valence-corrected chi connectivity index (χ0v) is 56.4. The molecule has 95 heavy (non-hydrogen) atoms. The lowest BCUT2D eigenvalue weighted by atomic mass is 9.77. The van der Waals surface area contributed by atoms with E-state index >= 15 is 0 Å². The van der Waals surface area contributed by atoms with Gasteiger partial charge in [-0.25, -0.2) is 0 Å². The van der Waals surface area contributed by atoms with Crippen LogP contribution < -0.4 is 37.9 Å². The van der Waals surface area contributed by atoms with Crippen molar-refractivity contribution in [1.82, 2.24) is 0 Å². The first-order chi connectivity index (χ1) is 45.7. The highest BCUT2D eigenvalue weighted by Crippen LogP contribution is 2.53. The van der Waals surface area contributed by atoms with Gasteiger partial charge in [-0.3, -0.25) is 4.79 Å². The van der Waals surface area contributed by atoms with Crippen LogP contribution in [0.3, 0.4) is 0 Å². The number of methoxy groups -OCH3 is 2. The second kappa shape index (κ2) is 28.2. The summed E-state index contributed by atoms with van der Waals surface area (Å²) in [5.74, 6) is 8.52. The van der Waals surface area contributed by atoms with E-state index in [0.29, 0.717) is 46.3 Å². The number of aliphatic hydroxyl groups is 1. The topological polar surface area (TPSA) is 131 Å². The predicted molar refractivity (Wildman–Crippen MR) is 381 cm³/mol. The van der Waals surface area contributed by atoms with Crippen LogP contribution in [0, 0.1) is 12.3 Å². The average Bonchev–Trinajstić information content (AvgIpc) is 0.714. The highest BCUT2D eigenvalue weighted by Gasteiger charge is 2.40. The Balaban J connectivity index is 0.000000161. The summed E-state index contributed by atoms with van der Waals surface area (Å²) in [6.07, 6.45) is 14.1. The predicted octanol–water partition coefficient (Wildman–Crippen LogP) is 18.6. The van der Waals surface area contributed by atoms with E-state index in [1.807, 2.05) is 141 Å². The van der Waals surface area contributed by atoms with Gasteiger partial charge in [-0.1, -0.05) is 109 Å². The van der Waals surface area contributed by atoms with Crippen molar-refractivity contribution in [2.75, 3.05) is 20.8 Å². The van der Waals surface area contributed by atoms with Gasteiger partial charge in [-0.15, -0.1) is 6.42 Å². The van der Waals surface area contributed by atoms with Crippen LogP contribution in [0.4, 0.5) is 0 Å². The first-order valence-electron chi connectivity index (χ1n) is 32.8.